The first kappa shape index (κ1) is 19.5. The SMILES string of the molecule is CCOC(=O)c1cc(CC)sc1NC(=O)CSCc1c(C)noc1C. The topological polar surface area (TPSA) is 81.4 Å². The quantitative estimate of drug-likeness (QED) is 0.696. The zero-order valence-corrected chi connectivity index (χ0v) is 16.4. The summed E-state index contributed by atoms with van der Waals surface area (Å²) in [5, 5.41) is 7.29. The van der Waals surface area contributed by atoms with E-state index in [0.29, 0.717) is 22.9 Å². The first-order valence-electron chi connectivity index (χ1n) is 8.05. The molecule has 0 aliphatic rings. The maximum absolute atomic E-state index is 12.2. The highest BCUT2D eigenvalue weighted by Gasteiger charge is 2.19. The maximum Gasteiger partial charge on any atom is 0.341 e. The molecule has 0 unspecified atom stereocenters. The van der Waals surface area contributed by atoms with E-state index >= 15 is 0 Å². The fourth-order valence-corrected chi connectivity index (χ4v) is 4.16. The van der Waals surface area contributed by atoms with Gasteiger partial charge in [0.2, 0.25) is 5.91 Å². The Hall–Kier alpha value is -1.80. The molecule has 1 N–H and O–H groups in total. The molecule has 0 radical (unpaired) electrons. The molecule has 2 rings (SSSR count). The Morgan fingerprint density at radius 2 is 2.12 bits per heavy atom. The van der Waals surface area contributed by atoms with Gasteiger partial charge in [-0.3, -0.25) is 4.79 Å². The number of hydrogen-bond donors (Lipinski definition) is 1. The third-order valence-electron chi connectivity index (χ3n) is 3.54. The first-order chi connectivity index (χ1) is 12.0. The van der Waals surface area contributed by atoms with Gasteiger partial charge in [0.05, 0.1) is 23.6 Å². The molecular weight excluding hydrogens is 360 g/mol. The van der Waals surface area contributed by atoms with Gasteiger partial charge in [-0.1, -0.05) is 12.1 Å². The summed E-state index contributed by atoms with van der Waals surface area (Å²) in [6.45, 7) is 7.81. The highest BCUT2D eigenvalue weighted by molar-refractivity contribution is 7.99. The van der Waals surface area contributed by atoms with Gasteiger partial charge in [-0.25, -0.2) is 4.79 Å². The van der Waals surface area contributed by atoms with Gasteiger partial charge in [0, 0.05) is 16.2 Å². The minimum atomic E-state index is -0.405. The van der Waals surface area contributed by atoms with Gasteiger partial charge in [0.1, 0.15) is 10.8 Å². The molecule has 6 nitrogen and oxygen atoms in total. The van der Waals surface area contributed by atoms with Crippen molar-refractivity contribution in [3.8, 4) is 0 Å². The van der Waals surface area contributed by atoms with Crippen molar-refractivity contribution in [3.63, 3.8) is 0 Å². The van der Waals surface area contributed by atoms with E-state index < -0.39 is 5.97 Å². The lowest BCUT2D eigenvalue weighted by atomic mass is 10.2. The summed E-state index contributed by atoms with van der Waals surface area (Å²) in [4.78, 5) is 25.3. The molecule has 0 fully saturated rings. The van der Waals surface area contributed by atoms with Crippen LogP contribution in [0.1, 0.15) is 46.1 Å². The number of thiophene rings is 1. The summed E-state index contributed by atoms with van der Waals surface area (Å²) in [6, 6.07) is 1.79. The van der Waals surface area contributed by atoms with Crippen LogP contribution in [0.25, 0.3) is 0 Å². The van der Waals surface area contributed by atoms with Crippen LogP contribution in [0.4, 0.5) is 5.00 Å². The largest absolute Gasteiger partial charge is 0.462 e. The third kappa shape index (κ3) is 5.09. The fraction of sp³-hybridized carbons (Fsp3) is 0.471. The van der Waals surface area contributed by atoms with Crippen LogP contribution in [0.2, 0.25) is 0 Å². The van der Waals surface area contributed by atoms with E-state index in [4.69, 9.17) is 9.26 Å². The van der Waals surface area contributed by atoms with E-state index in [-0.39, 0.29) is 11.7 Å². The fourth-order valence-electron chi connectivity index (χ4n) is 2.19. The minimum absolute atomic E-state index is 0.146. The number of hydrogen-bond acceptors (Lipinski definition) is 7. The molecule has 0 saturated carbocycles. The Kier molecular flexibility index (Phi) is 7.07. The second kappa shape index (κ2) is 9.05. The molecule has 0 atom stereocenters. The number of ether oxygens (including phenoxy) is 1. The Labute approximate surface area is 155 Å². The molecule has 0 spiro atoms. The number of thioether (sulfide) groups is 1. The van der Waals surface area contributed by atoms with Gasteiger partial charge in [-0.15, -0.1) is 23.1 Å². The summed E-state index contributed by atoms with van der Waals surface area (Å²) < 4.78 is 10.2. The Balaban J connectivity index is 1.95. The van der Waals surface area contributed by atoms with Crippen LogP contribution >= 0.6 is 23.1 Å². The molecule has 0 aromatic carbocycles. The predicted molar refractivity (Wildman–Crippen MR) is 100 cm³/mol. The summed E-state index contributed by atoms with van der Waals surface area (Å²) in [7, 11) is 0. The molecule has 1 amide bonds. The molecular formula is C17H22N2O4S2. The van der Waals surface area contributed by atoms with Crippen molar-refractivity contribution >= 4 is 40.0 Å². The van der Waals surface area contributed by atoms with Gasteiger partial charge >= 0.3 is 5.97 Å². The number of esters is 1. The standard InChI is InChI=1S/C17H22N2O4S2/c1-5-12-7-13(17(21)22-6-2)16(25-12)18-15(20)9-24-8-14-10(3)19-23-11(14)4/h7H,5-6,8-9H2,1-4H3,(H,18,20). The van der Waals surface area contributed by atoms with E-state index in [1.807, 2.05) is 20.8 Å². The maximum atomic E-state index is 12.2. The number of carbonyl (C=O) groups is 2. The number of anilines is 1. The van der Waals surface area contributed by atoms with Crippen LogP contribution < -0.4 is 5.32 Å². The first-order valence-corrected chi connectivity index (χ1v) is 10.0. The van der Waals surface area contributed by atoms with E-state index in [1.54, 1.807) is 13.0 Å². The lowest BCUT2D eigenvalue weighted by Crippen LogP contribution is -2.16. The van der Waals surface area contributed by atoms with E-state index in [2.05, 4.69) is 10.5 Å². The predicted octanol–water partition coefficient (Wildman–Crippen LogP) is 3.96. The van der Waals surface area contributed by atoms with Crippen LogP contribution in [0, 0.1) is 13.8 Å². The molecule has 0 bridgehead atoms. The van der Waals surface area contributed by atoms with Gasteiger partial charge in [-0.05, 0) is 33.3 Å². The summed E-state index contributed by atoms with van der Waals surface area (Å²) in [5.74, 6) is 1.17. The van der Waals surface area contributed by atoms with Crippen molar-refractivity contribution in [2.75, 3.05) is 17.7 Å². The third-order valence-corrected chi connectivity index (χ3v) is 5.69. The Morgan fingerprint density at radius 3 is 2.72 bits per heavy atom. The molecule has 0 saturated heterocycles. The van der Waals surface area contributed by atoms with Crippen molar-refractivity contribution in [3.05, 3.63) is 33.5 Å². The zero-order valence-electron chi connectivity index (χ0n) is 14.8. The zero-order chi connectivity index (χ0) is 18.4. The van der Waals surface area contributed by atoms with Crippen LogP contribution in [-0.2, 0) is 21.7 Å². The molecule has 2 aromatic heterocycles. The van der Waals surface area contributed by atoms with Gasteiger partial charge in [-0.2, -0.15) is 0 Å². The minimum Gasteiger partial charge on any atom is -0.462 e. The number of nitrogens with zero attached hydrogens (tertiary/aromatic N) is 1. The van der Waals surface area contributed by atoms with Crippen molar-refractivity contribution in [2.45, 2.75) is 39.9 Å². The van der Waals surface area contributed by atoms with Crippen molar-refractivity contribution in [2.24, 2.45) is 0 Å². The molecule has 2 aromatic rings. The highest BCUT2D eigenvalue weighted by atomic mass is 32.2. The van der Waals surface area contributed by atoms with E-state index in [9.17, 15) is 9.59 Å². The molecule has 2 heterocycles. The average molecular weight is 383 g/mol. The lowest BCUT2D eigenvalue weighted by Gasteiger charge is -2.06. The van der Waals surface area contributed by atoms with Crippen LogP contribution in [0.5, 0.6) is 0 Å². The number of aryl methyl sites for hydroxylation is 3. The number of rotatable bonds is 8. The summed E-state index contributed by atoms with van der Waals surface area (Å²) in [5.41, 5.74) is 2.29. The Morgan fingerprint density at radius 1 is 1.36 bits per heavy atom. The monoisotopic (exact) mass is 382 g/mol. The number of carbonyl (C=O) groups excluding carboxylic acids is 2. The van der Waals surface area contributed by atoms with E-state index in [0.717, 1.165) is 28.3 Å². The van der Waals surface area contributed by atoms with Gasteiger partial charge < -0.3 is 14.6 Å². The van der Waals surface area contributed by atoms with Crippen LogP contribution in [-0.4, -0.2) is 29.4 Å². The van der Waals surface area contributed by atoms with Gasteiger partial charge in [0.25, 0.3) is 0 Å². The van der Waals surface area contributed by atoms with Crippen molar-refractivity contribution in [1.82, 2.24) is 5.16 Å². The van der Waals surface area contributed by atoms with E-state index in [1.165, 1.54) is 23.1 Å². The van der Waals surface area contributed by atoms with Crippen LogP contribution in [0.15, 0.2) is 10.6 Å². The van der Waals surface area contributed by atoms with Gasteiger partial charge in [0.15, 0.2) is 0 Å². The summed E-state index contributed by atoms with van der Waals surface area (Å²) in [6.07, 6.45) is 0.799. The number of aromatic nitrogens is 1. The average Bonchev–Trinajstić information content (AvgIpc) is 3.12. The lowest BCUT2D eigenvalue weighted by molar-refractivity contribution is -0.113. The van der Waals surface area contributed by atoms with Crippen molar-refractivity contribution in [1.29, 1.82) is 0 Å². The second-order valence-electron chi connectivity index (χ2n) is 5.37. The van der Waals surface area contributed by atoms with Crippen LogP contribution in [0.3, 0.4) is 0 Å². The molecule has 136 valence electrons. The normalized spacial score (nSPS) is 10.7. The molecule has 8 heteroatoms. The molecule has 25 heavy (non-hydrogen) atoms. The summed E-state index contributed by atoms with van der Waals surface area (Å²) >= 11 is 2.89. The Bertz CT molecular complexity index is 732. The highest BCUT2D eigenvalue weighted by Crippen LogP contribution is 2.29. The number of nitrogens with one attached hydrogen (secondary N) is 1. The molecule has 0 aliphatic carbocycles. The van der Waals surface area contributed by atoms with Crippen molar-refractivity contribution < 1.29 is 18.8 Å². The smallest absolute Gasteiger partial charge is 0.341 e. The second-order valence-corrected chi connectivity index (χ2v) is 7.50. The number of amides is 1. The molecule has 0 aliphatic heterocycles.